The molecule has 10 heteroatoms. The van der Waals surface area contributed by atoms with Crippen LogP contribution in [0.2, 0.25) is 5.02 Å². The predicted octanol–water partition coefficient (Wildman–Crippen LogP) is 2.58. The minimum atomic E-state index is -3.91. The number of aromatic nitrogens is 1. The summed E-state index contributed by atoms with van der Waals surface area (Å²) in [7, 11) is -2.70. The van der Waals surface area contributed by atoms with Gasteiger partial charge in [0.2, 0.25) is 10.0 Å². The second-order valence-electron chi connectivity index (χ2n) is 7.29. The third-order valence-corrected chi connectivity index (χ3v) is 7.51. The highest BCUT2D eigenvalue weighted by Gasteiger charge is 2.40. The third kappa shape index (κ3) is 4.19. The molecule has 1 fully saturated rings. The van der Waals surface area contributed by atoms with Crippen molar-refractivity contribution in [3.63, 3.8) is 0 Å². The number of amides is 1. The van der Waals surface area contributed by atoms with E-state index in [4.69, 9.17) is 16.3 Å². The Morgan fingerprint density at radius 1 is 1.03 bits per heavy atom. The van der Waals surface area contributed by atoms with Crippen LogP contribution in [0.4, 0.5) is 0 Å². The van der Waals surface area contributed by atoms with E-state index >= 15 is 0 Å². The molecule has 1 aliphatic heterocycles. The molecule has 0 aliphatic carbocycles. The van der Waals surface area contributed by atoms with E-state index in [2.05, 4.69) is 4.98 Å². The number of pyridine rings is 1. The zero-order chi connectivity index (χ0) is 22.9. The Hall–Kier alpha value is -3.01. The number of halogens is 1. The van der Waals surface area contributed by atoms with Gasteiger partial charge in [-0.05, 0) is 47.2 Å². The summed E-state index contributed by atoms with van der Waals surface area (Å²) in [6.45, 7) is -0.112. The van der Waals surface area contributed by atoms with Gasteiger partial charge in [-0.15, -0.1) is 0 Å². The van der Waals surface area contributed by atoms with Crippen LogP contribution in [0.25, 0.3) is 10.8 Å². The highest BCUT2D eigenvalue weighted by molar-refractivity contribution is 7.89. The Morgan fingerprint density at radius 3 is 2.44 bits per heavy atom. The molecule has 0 spiro atoms. The Morgan fingerprint density at radius 2 is 1.72 bits per heavy atom. The number of hydrogen-bond donors (Lipinski definition) is 0. The average Bonchev–Trinajstić information content (AvgIpc) is 2.82. The minimum absolute atomic E-state index is 0.0450. The first-order valence-electron chi connectivity index (χ1n) is 9.79. The summed E-state index contributed by atoms with van der Waals surface area (Å²) in [5.41, 5.74) is 0.360. The standard InChI is InChI=1S/C22H20ClN3O5S/c1-31-22(28)20-14-25(10-11-26(20)21(27)15-6-8-24-9-7-15)32(29,30)19-5-3-16-12-18(23)4-2-17(16)13-19/h2-9,12-13,20H,10-11,14H2,1H3. The van der Waals surface area contributed by atoms with Crippen LogP contribution >= 0.6 is 11.6 Å². The van der Waals surface area contributed by atoms with Gasteiger partial charge >= 0.3 is 5.97 Å². The Labute approximate surface area is 190 Å². The summed E-state index contributed by atoms with van der Waals surface area (Å²) in [5, 5.41) is 2.10. The number of methoxy groups -OCH3 is 1. The van der Waals surface area contributed by atoms with Gasteiger partial charge in [0, 0.05) is 42.6 Å². The van der Waals surface area contributed by atoms with Gasteiger partial charge < -0.3 is 9.64 Å². The lowest BCUT2D eigenvalue weighted by atomic mass is 10.1. The van der Waals surface area contributed by atoms with Crippen molar-refractivity contribution in [2.24, 2.45) is 0 Å². The lowest BCUT2D eigenvalue weighted by molar-refractivity contribution is -0.147. The van der Waals surface area contributed by atoms with E-state index in [9.17, 15) is 18.0 Å². The van der Waals surface area contributed by atoms with E-state index in [1.807, 2.05) is 0 Å². The molecule has 0 radical (unpaired) electrons. The molecule has 4 rings (SSSR count). The van der Waals surface area contributed by atoms with Crippen LogP contribution in [0.1, 0.15) is 10.4 Å². The second kappa shape index (κ2) is 8.85. The first-order valence-corrected chi connectivity index (χ1v) is 11.6. The molecule has 2 heterocycles. The number of sulfonamides is 1. The van der Waals surface area contributed by atoms with Crippen LogP contribution < -0.4 is 0 Å². The number of carbonyl (C=O) groups is 2. The number of hydrogen-bond acceptors (Lipinski definition) is 6. The fraction of sp³-hybridized carbons (Fsp3) is 0.227. The van der Waals surface area contributed by atoms with Crippen LogP contribution in [0.15, 0.2) is 65.8 Å². The highest BCUT2D eigenvalue weighted by Crippen LogP contribution is 2.26. The summed E-state index contributed by atoms with van der Waals surface area (Å²) in [6.07, 6.45) is 2.96. The number of rotatable bonds is 4. The van der Waals surface area contributed by atoms with E-state index in [-0.39, 0.29) is 30.4 Å². The van der Waals surface area contributed by atoms with Crippen LogP contribution in [0.3, 0.4) is 0 Å². The summed E-state index contributed by atoms with van der Waals surface area (Å²) < 4.78 is 32.7. The van der Waals surface area contributed by atoms with E-state index in [1.165, 1.54) is 34.8 Å². The van der Waals surface area contributed by atoms with Crippen LogP contribution in [0.5, 0.6) is 0 Å². The molecule has 1 saturated heterocycles. The first-order chi connectivity index (χ1) is 15.3. The molecular formula is C22H20ClN3O5S. The fourth-order valence-electron chi connectivity index (χ4n) is 3.72. The van der Waals surface area contributed by atoms with E-state index in [1.54, 1.807) is 42.5 Å². The number of nitrogens with zero attached hydrogens (tertiary/aromatic N) is 3. The largest absolute Gasteiger partial charge is 0.467 e. The van der Waals surface area contributed by atoms with Crippen molar-refractivity contribution in [2.45, 2.75) is 10.9 Å². The summed E-state index contributed by atoms with van der Waals surface area (Å²) in [4.78, 5) is 30.7. The molecule has 1 aromatic heterocycles. The molecule has 166 valence electrons. The van der Waals surface area contributed by atoms with Gasteiger partial charge in [-0.2, -0.15) is 4.31 Å². The normalized spacial score (nSPS) is 17.3. The summed E-state index contributed by atoms with van der Waals surface area (Å²) in [6, 6.07) is 12.0. The Bertz CT molecular complexity index is 1280. The monoisotopic (exact) mass is 473 g/mol. The van der Waals surface area contributed by atoms with Crippen molar-refractivity contribution in [3.05, 3.63) is 71.5 Å². The van der Waals surface area contributed by atoms with Crippen molar-refractivity contribution in [2.75, 3.05) is 26.7 Å². The van der Waals surface area contributed by atoms with E-state index < -0.39 is 22.0 Å². The van der Waals surface area contributed by atoms with Gasteiger partial charge in [0.25, 0.3) is 5.91 Å². The van der Waals surface area contributed by atoms with Gasteiger partial charge in [-0.25, -0.2) is 13.2 Å². The molecule has 0 saturated carbocycles. The van der Waals surface area contributed by atoms with Crippen molar-refractivity contribution in [1.29, 1.82) is 0 Å². The maximum absolute atomic E-state index is 13.3. The van der Waals surface area contributed by atoms with E-state index in [0.29, 0.717) is 10.6 Å². The number of piperazine rings is 1. The molecule has 1 aliphatic rings. The maximum atomic E-state index is 13.3. The summed E-state index contributed by atoms with van der Waals surface area (Å²) >= 11 is 6.01. The average molecular weight is 474 g/mol. The lowest BCUT2D eigenvalue weighted by Gasteiger charge is -2.39. The third-order valence-electron chi connectivity index (χ3n) is 5.42. The van der Waals surface area contributed by atoms with E-state index in [0.717, 1.165) is 10.8 Å². The minimum Gasteiger partial charge on any atom is -0.467 e. The molecule has 8 nitrogen and oxygen atoms in total. The van der Waals surface area contributed by atoms with Crippen molar-refractivity contribution < 1.29 is 22.7 Å². The summed E-state index contributed by atoms with van der Waals surface area (Å²) in [5.74, 6) is -1.07. The Balaban J connectivity index is 1.63. The number of fused-ring (bicyclic) bond motifs is 1. The second-order valence-corrected chi connectivity index (χ2v) is 9.66. The molecule has 1 unspecified atom stereocenters. The Kier molecular flexibility index (Phi) is 6.14. The number of ether oxygens (including phenoxy) is 1. The zero-order valence-electron chi connectivity index (χ0n) is 17.1. The molecule has 32 heavy (non-hydrogen) atoms. The van der Waals surface area contributed by atoms with Crippen molar-refractivity contribution >= 4 is 44.3 Å². The van der Waals surface area contributed by atoms with Crippen molar-refractivity contribution in [1.82, 2.24) is 14.2 Å². The van der Waals surface area contributed by atoms with Crippen molar-refractivity contribution in [3.8, 4) is 0 Å². The van der Waals surface area contributed by atoms with Gasteiger partial charge in [0.15, 0.2) is 0 Å². The molecule has 1 amide bonds. The molecular weight excluding hydrogens is 454 g/mol. The first kappa shape index (κ1) is 22.2. The van der Waals surface area contributed by atoms with Gasteiger partial charge in [0.05, 0.1) is 12.0 Å². The predicted molar refractivity (Wildman–Crippen MR) is 119 cm³/mol. The highest BCUT2D eigenvalue weighted by atomic mass is 35.5. The number of benzene rings is 2. The molecule has 0 bridgehead atoms. The lowest BCUT2D eigenvalue weighted by Crippen LogP contribution is -2.59. The molecule has 3 aromatic rings. The zero-order valence-corrected chi connectivity index (χ0v) is 18.7. The van der Waals surface area contributed by atoms with Crippen LogP contribution in [0, 0.1) is 0 Å². The van der Waals surface area contributed by atoms with Crippen LogP contribution in [-0.2, 0) is 19.6 Å². The maximum Gasteiger partial charge on any atom is 0.329 e. The van der Waals surface area contributed by atoms with Crippen LogP contribution in [-0.4, -0.2) is 67.3 Å². The number of esters is 1. The number of carbonyl (C=O) groups excluding carboxylic acids is 2. The smallest absolute Gasteiger partial charge is 0.329 e. The fourth-order valence-corrected chi connectivity index (χ4v) is 5.38. The van der Waals surface area contributed by atoms with Gasteiger partial charge in [0.1, 0.15) is 6.04 Å². The molecule has 2 aromatic carbocycles. The topological polar surface area (TPSA) is 96.9 Å². The van der Waals surface area contributed by atoms with Gasteiger partial charge in [-0.1, -0.05) is 23.7 Å². The quantitative estimate of drug-likeness (QED) is 0.540. The SMILES string of the molecule is COC(=O)C1CN(S(=O)(=O)c2ccc3cc(Cl)ccc3c2)CCN1C(=O)c1ccncc1. The molecule has 0 N–H and O–H groups in total. The molecule has 1 atom stereocenters. The van der Waals surface area contributed by atoms with Gasteiger partial charge in [-0.3, -0.25) is 9.78 Å².